The van der Waals surface area contributed by atoms with E-state index in [-0.39, 0.29) is 18.4 Å². The van der Waals surface area contributed by atoms with Gasteiger partial charge in [0.1, 0.15) is 0 Å². The zero-order valence-corrected chi connectivity index (χ0v) is 13.6. The largest absolute Gasteiger partial charge is 0.358 e. The molecule has 0 aliphatic carbocycles. The van der Waals surface area contributed by atoms with Crippen molar-refractivity contribution in [1.82, 2.24) is 15.2 Å². The molecule has 0 radical (unpaired) electrons. The molecule has 118 valence electrons. The molecule has 0 spiro atoms. The van der Waals surface area contributed by atoms with Gasteiger partial charge in [-0.2, -0.15) is 0 Å². The minimum absolute atomic E-state index is 0.0896. The van der Waals surface area contributed by atoms with E-state index in [1.54, 1.807) is 11.9 Å². The number of aryl methyl sites for hydroxylation is 2. The molecule has 2 rings (SSSR count). The van der Waals surface area contributed by atoms with Crippen molar-refractivity contribution in [1.29, 1.82) is 0 Å². The maximum Gasteiger partial charge on any atom is 0.254 e. The molecule has 0 bridgehead atoms. The summed E-state index contributed by atoms with van der Waals surface area (Å²) in [4.78, 5) is 29.2. The van der Waals surface area contributed by atoms with Crippen LogP contribution in [0.3, 0.4) is 0 Å². The summed E-state index contributed by atoms with van der Waals surface area (Å²) in [6, 6.07) is 5.64. The second-order valence-electron chi connectivity index (χ2n) is 5.54. The summed E-state index contributed by atoms with van der Waals surface area (Å²) in [7, 11) is 1.58. The number of nitrogens with one attached hydrogen (secondary N) is 2. The third kappa shape index (κ3) is 3.13. The molecule has 0 fully saturated rings. The van der Waals surface area contributed by atoms with Gasteiger partial charge in [0.25, 0.3) is 5.91 Å². The van der Waals surface area contributed by atoms with Crippen LogP contribution in [0.1, 0.15) is 35.0 Å². The molecular weight excluding hydrogens is 278 g/mol. The molecule has 0 saturated heterocycles. The standard InChI is InChI=1S/C17H23N3O2/c1-5-8-20(10-16(21)18-4)17(22)13-6-7-15-14(9-13)11(2)12(3)19-15/h6-7,9,19H,5,8,10H2,1-4H3,(H,18,21). The maximum absolute atomic E-state index is 12.7. The Morgan fingerprint density at radius 1 is 1.27 bits per heavy atom. The van der Waals surface area contributed by atoms with Gasteiger partial charge in [-0.15, -0.1) is 0 Å². The molecule has 5 nitrogen and oxygen atoms in total. The van der Waals surface area contributed by atoms with Gasteiger partial charge in [-0.1, -0.05) is 6.92 Å². The third-order valence-electron chi connectivity index (χ3n) is 3.95. The number of carbonyl (C=O) groups excluding carboxylic acids is 2. The summed E-state index contributed by atoms with van der Waals surface area (Å²) >= 11 is 0. The van der Waals surface area contributed by atoms with Crippen molar-refractivity contribution in [2.24, 2.45) is 0 Å². The lowest BCUT2D eigenvalue weighted by atomic mass is 10.1. The molecule has 1 aromatic heterocycles. The fraction of sp³-hybridized carbons (Fsp3) is 0.412. The number of hydrogen-bond donors (Lipinski definition) is 2. The lowest BCUT2D eigenvalue weighted by molar-refractivity contribution is -0.121. The number of aromatic amines is 1. The van der Waals surface area contributed by atoms with E-state index in [0.717, 1.165) is 28.6 Å². The summed E-state index contributed by atoms with van der Waals surface area (Å²) in [6.45, 7) is 6.71. The van der Waals surface area contributed by atoms with Gasteiger partial charge >= 0.3 is 0 Å². The summed E-state index contributed by atoms with van der Waals surface area (Å²) in [5.74, 6) is -0.262. The number of amides is 2. The number of likely N-dealkylation sites (N-methyl/N-ethyl adjacent to an activating group) is 1. The molecule has 2 aromatic rings. The van der Waals surface area contributed by atoms with Crippen LogP contribution in [0.25, 0.3) is 10.9 Å². The van der Waals surface area contributed by atoms with E-state index in [2.05, 4.69) is 10.3 Å². The Labute approximate surface area is 130 Å². The van der Waals surface area contributed by atoms with E-state index in [1.807, 2.05) is 39.0 Å². The second-order valence-corrected chi connectivity index (χ2v) is 5.54. The Bertz CT molecular complexity index is 703. The molecule has 0 aliphatic heterocycles. The van der Waals surface area contributed by atoms with E-state index in [4.69, 9.17) is 0 Å². The number of fused-ring (bicyclic) bond motifs is 1. The van der Waals surface area contributed by atoms with Crippen LogP contribution in [0.5, 0.6) is 0 Å². The lowest BCUT2D eigenvalue weighted by Crippen LogP contribution is -2.40. The van der Waals surface area contributed by atoms with Gasteiger partial charge in [-0.3, -0.25) is 9.59 Å². The van der Waals surface area contributed by atoms with Crippen molar-refractivity contribution in [3.8, 4) is 0 Å². The zero-order chi connectivity index (χ0) is 16.3. The minimum atomic E-state index is -0.156. The second kappa shape index (κ2) is 6.64. The van der Waals surface area contributed by atoms with Crippen LogP contribution < -0.4 is 5.32 Å². The molecule has 2 N–H and O–H groups in total. The Morgan fingerprint density at radius 3 is 2.64 bits per heavy atom. The van der Waals surface area contributed by atoms with E-state index >= 15 is 0 Å². The number of benzene rings is 1. The van der Waals surface area contributed by atoms with Crippen molar-refractivity contribution in [3.05, 3.63) is 35.0 Å². The highest BCUT2D eigenvalue weighted by Crippen LogP contribution is 2.23. The third-order valence-corrected chi connectivity index (χ3v) is 3.95. The average Bonchev–Trinajstić information content (AvgIpc) is 2.80. The molecule has 0 aliphatic rings. The molecule has 0 atom stereocenters. The van der Waals surface area contributed by atoms with Crippen LogP contribution in [-0.2, 0) is 4.79 Å². The molecule has 0 saturated carbocycles. The fourth-order valence-corrected chi connectivity index (χ4v) is 2.55. The van der Waals surface area contributed by atoms with E-state index in [1.165, 1.54) is 0 Å². The van der Waals surface area contributed by atoms with Gasteiger partial charge in [0.05, 0.1) is 6.54 Å². The van der Waals surface area contributed by atoms with Crippen molar-refractivity contribution in [2.45, 2.75) is 27.2 Å². The van der Waals surface area contributed by atoms with Gasteiger partial charge in [-0.05, 0) is 44.0 Å². The highest BCUT2D eigenvalue weighted by Gasteiger charge is 2.18. The Hall–Kier alpha value is -2.30. The van der Waals surface area contributed by atoms with Gasteiger partial charge in [0, 0.05) is 35.8 Å². The first-order valence-electron chi connectivity index (χ1n) is 7.56. The summed E-state index contributed by atoms with van der Waals surface area (Å²) in [5.41, 5.74) is 3.90. The number of nitrogens with zero attached hydrogens (tertiary/aromatic N) is 1. The average molecular weight is 301 g/mol. The van der Waals surface area contributed by atoms with Gasteiger partial charge in [0.15, 0.2) is 0 Å². The topological polar surface area (TPSA) is 65.2 Å². The van der Waals surface area contributed by atoms with E-state index in [0.29, 0.717) is 12.1 Å². The van der Waals surface area contributed by atoms with Crippen molar-refractivity contribution in [2.75, 3.05) is 20.1 Å². The van der Waals surface area contributed by atoms with E-state index < -0.39 is 0 Å². The zero-order valence-electron chi connectivity index (χ0n) is 13.6. The van der Waals surface area contributed by atoms with Crippen LogP contribution >= 0.6 is 0 Å². The van der Waals surface area contributed by atoms with Gasteiger partial charge < -0.3 is 15.2 Å². The van der Waals surface area contributed by atoms with Crippen molar-refractivity contribution < 1.29 is 9.59 Å². The maximum atomic E-state index is 12.7. The first kappa shape index (κ1) is 16.1. The lowest BCUT2D eigenvalue weighted by Gasteiger charge is -2.21. The predicted octanol–water partition coefficient (Wildman–Crippen LogP) is 2.38. The normalized spacial score (nSPS) is 10.7. The Kier molecular flexibility index (Phi) is 4.85. The van der Waals surface area contributed by atoms with Crippen LogP contribution in [0.4, 0.5) is 0 Å². The Morgan fingerprint density at radius 2 is 2.00 bits per heavy atom. The number of aromatic nitrogens is 1. The quantitative estimate of drug-likeness (QED) is 0.890. The van der Waals surface area contributed by atoms with Crippen molar-refractivity contribution >= 4 is 22.7 Å². The summed E-state index contributed by atoms with van der Waals surface area (Å²) in [5, 5.41) is 3.62. The number of H-pyrrole nitrogens is 1. The summed E-state index contributed by atoms with van der Waals surface area (Å²) < 4.78 is 0. The van der Waals surface area contributed by atoms with Gasteiger partial charge in [-0.25, -0.2) is 0 Å². The van der Waals surface area contributed by atoms with Crippen LogP contribution in [0.15, 0.2) is 18.2 Å². The SMILES string of the molecule is CCCN(CC(=O)NC)C(=O)c1ccc2[nH]c(C)c(C)c2c1. The molecule has 1 heterocycles. The predicted molar refractivity (Wildman–Crippen MR) is 88.0 cm³/mol. The van der Waals surface area contributed by atoms with Crippen LogP contribution in [0.2, 0.25) is 0 Å². The van der Waals surface area contributed by atoms with Crippen molar-refractivity contribution in [3.63, 3.8) is 0 Å². The molecule has 2 amide bonds. The Balaban J connectivity index is 2.33. The van der Waals surface area contributed by atoms with Crippen LogP contribution in [-0.4, -0.2) is 41.8 Å². The minimum Gasteiger partial charge on any atom is -0.358 e. The molecule has 1 aromatic carbocycles. The first-order chi connectivity index (χ1) is 10.5. The highest BCUT2D eigenvalue weighted by atomic mass is 16.2. The molecule has 5 heteroatoms. The van der Waals surface area contributed by atoms with Gasteiger partial charge in [0.2, 0.25) is 5.91 Å². The fourth-order valence-electron chi connectivity index (χ4n) is 2.55. The molecular formula is C17H23N3O2. The monoisotopic (exact) mass is 301 g/mol. The molecule has 0 unspecified atom stereocenters. The highest BCUT2D eigenvalue weighted by molar-refractivity contribution is 6.00. The number of hydrogen-bond acceptors (Lipinski definition) is 2. The first-order valence-corrected chi connectivity index (χ1v) is 7.56. The van der Waals surface area contributed by atoms with Crippen LogP contribution in [0, 0.1) is 13.8 Å². The van der Waals surface area contributed by atoms with E-state index in [9.17, 15) is 9.59 Å². The summed E-state index contributed by atoms with van der Waals surface area (Å²) in [6.07, 6.45) is 0.813. The molecule has 22 heavy (non-hydrogen) atoms. The number of rotatable bonds is 5. The smallest absolute Gasteiger partial charge is 0.254 e. The number of carbonyl (C=O) groups is 2.